The zero-order valence-corrected chi connectivity index (χ0v) is 41.4. The summed E-state index contributed by atoms with van der Waals surface area (Å²) in [5.74, 6) is 0.452. The van der Waals surface area contributed by atoms with Crippen LogP contribution in [-0.2, 0) is 6.18 Å². The van der Waals surface area contributed by atoms with Gasteiger partial charge in [0.25, 0.3) is 0 Å². The number of halogens is 3. The molecule has 0 atom stereocenters. The molecule has 0 spiro atoms. The van der Waals surface area contributed by atoms with Crippen molar-refractivity contribution in [3.63, 3.8) is 0 Å². The van der Waals surface area contributed by atoms with E-state index in [0.717, 1.165) is 83.9 Å². The molecular weight excluding hydrogens is 892 g/mol. The van der Waals surface area contributed by atoms with Crippen LogP contribution in [0.1, 0.15) is 44.5 Å². The predicted molar refractivity (Wildman–Crippen MR) is 293 cm³/mol. The minimum Gasteiger partial charge on any atom is -0.308 e. The highest BCUT2D eigenvalue weighted by atomic mass is 19.4. The molecule has 352 valence electrons. The molecule has 11 rings (SSSR count). The lowest BCUT2D eigenvalue weighted by Crippen LogP contribution is -2.06. The van der Waals surface area contributed by atoms with Crippen LogP contribution in [0.25, 0.3) is 106 Å². The summed E-state index contributed by atoms with van der Waals surface area (Å²) in [4.78, 5) is 10.5. The van der Waals surface area contributed by atoms with Crippen LogP contribution in [-0.4, -0.2) is 14.5 Å². The van der Waals surface area contributed by atoms with E-state index < -0.39 is 11.7 Å². The lowest BCUT2D eigenvalue weighted by Gasteiger charge is -2.22. The second kappa shape index (κ2) is 18.1. The average molecular weight is 944 g/mol. The van der Waals surface area contributed by atoms with Crippen molar-refractivity contribution in [1.29, 1.82) is 0 Å². The van der Waals surface area contributed by atoms with Crippen LogP contribution in [0.2, 0.25) is 0 Å². The number of hydrogen-bond acceptors (Lipinski definition) is 2. The third-order valence-corrected chi connectivity index (χ3v) is 14.0. The standard InChI is InChI=1S/C66H52F3N3/c1-39-16-14-21-48(32-39)54-36-52(65-70-58(46-17-10-8-11-18-46)38-59(71-65)47-19-12-9-13-20-47)37-55(49-22-15-23-53(33-49)66(67,68)69)64(54)72-60-26-24-50(62-42(4)28-40(2)29-43(62)5)34-56(60)57-35-51(25-27-61(57)72)63-44(6)30-41(3)31-45(63)7/h8-38H,1-7H3. The fourth-order valence-corrected chi connectivity index (χ4v) is 11.1. The van der Waals surface area contributed by atoms with Crippen LogP contribution in [0.3, 0.4) is 0 Å². The van der Waals surface area contributed by atoms with E-state index in [4.69, 9.17) is 9.97 Å². The average Bonchev–Trinajstić information content (AvgIpc) is 3.68. The molecule has 0 radical (unpaired) electrons. The van der Waals surface area contributed by atoms with E-state index in [2.05, 4.69) is 138 Å². The summed E-state index contributed by atoms with van der Waals surface area (Å²) in [7, 11) is 0. The third kappa shape index (κ3) is 8.47. The normalized spacial score (nSPS) is 11.8. The van der Waals surface area contributed by atoms with Gasteiger partial charge in [0.05, 0.1) is 33.7 Å². The second-order valence-electron chi connectivity index (χ2n) is 19.4. The largest absolute Gasteiger partial charge is 0.416 e. The molecule has 0 aliphatic rings. The van der Waals surface area contributed by atoms with Crippen molar-refractivity contribution in [3.8, 4) is 84.1 Å². The molecule has 6 heteroatoms. The summed E-state index contributed by atoms with van der Waals surface area (Å²) in [6.45, 7) is 15.0. The maximum Gasteiger partial charge on any atom is 0.416 e. The Hall–Kier alpha value is -8.35. The first-order valence-corrected chi connectivity index (χ1v) is 24.4. The minimum atomic E-state index is -4.58. The maximum atomic E-state index is 14.9. The van der Waals surface area contributed by atoms with E-state index in [1.165, 1.54) is 56.6 Å². The Morgan fingerprint density at radius 3 is 1.26 bits per heavy atom. The van der Waals surface area contributed by atoms with Crippen LogP contribution in [0.5, 0.6) is 0 Å². The lowest BCUT2D eigenvalue weighted by atomic mass is 9.91. The topological polar surface area (TPSA) is 30.7 Å². The first-order valence-electron chi connectivity index (χ1n) is 24.4. The van der Waals surface area contributed by atoms with Crippen molar-refractivity contribution >= 4 is 21.8 Å². The summed E-state index contributed by atoms with van der Waals surface area (Å²) in [6, 6.07) is 62.4. The zero-order chi connectivity index (χ0) is 50.0. The van der Waals surface area contributed by atoms with Gasteiger partial charge in [-0.15, -0.1) is 0 Å². The number of aromatic nitrogens is 3. The molecule has 3 nitrogen and oxygen atoms in total. The molecule has 2 aromatic heterocycles. The Morgan fingerprint density at radius 2 is 0.806 bits per heavy atom. The van der Waals surface area contributed by atoms with Gasteiger partial charge in [0.2, 0.25) is 0 Å². The number of benzene rings is 9. The van der Waals surface area contributed by atoms with Gasteiger partial charge in [0.1, 0.15) is 0 Å². The van der Waals surface area contributed by atoms with Crippen LogP contribution >= 0.6 is 0 Å². The molecule has 0 N–H and O–H groups in total. The van der Waals surface area contributed by atoms with Gasteiger partial charge in [0, 0.05) is 38.6 Å². The summed E-state index contributed by atoms with van der Waals surface area (Å²) >= 11 is 0. The van der Waals surface area contributed by atoms with Gasteiger partial charge in [-0.05, 0) is 159 Å². The number of rotatable bonds is 8. The predicted octanol–water partition coefficient (Wildman–Crippen LogP) is 18.4. The van der Waals surface area contributed by atoms with E-state index in [0.29, 0.717) is 22.5 Å². The van der Waals surface area contributed by atoms with Crippen LogP contribution < -0.4 is 0 Å². The van der Waals surface area contributed by atoms with E-state index in [1.54, 1.807) is 6.07 Å². The van der Waals surface area contributed by atoms with Gasteiger partial charge in [0.15, 0.2) is 5.82 Å². The molecule has 0 aliphatic carbocycles. The second-order valence-corrected chi connectivity index (χ2v) is 19.4. The highest BCUT2D eigenvalue weighted by Crippen LogP contribution is 2.47. The fourth-order valence-electron chi connectivity index (χ4n) is 11.1. The first kappa shape index (κ1) is 46.1. The molecule has 11 aromatic rings. The highest BCUT2D eigenvalue weighted by molar-refractivity contribution is 6.13. The maximum absolute atomic E-state index is 14.9. The fraction of sp³-hybridized carbons (Fsp3) is 0.121. The van der Waals surface area contributed by atoms with E-state index in [1.807, 2.05) is 78.9 Å². The van der Waals surface area contributed by atoms with Crippen molar-refractivity contribution in [1.82, 2.24) is 14.5 Å². The number of alkyl halides is 3. The van der Waals surface area contributed by atoms with Gasteiger partial charge in [-0.3, -0.25) is 0 Å². The Bertz CT molecular complexity index is 3700. The first-order chi connectivity index (χ1) is 34.7. The SMILES string of the molecule is Cc1cccc(-c2cc(-c3nc(-c4ccccc4)cc(-c4ccccc4)n3)cc(-c3cccc(C(F)(F)F)c3)c2-n2c3ccc(-c4c(C)cc(C)cc4C)cc3c3cc(-c4c(C)cc(C)cc4C)ccc32)c1. The number of hydrogen-bond donors (Lipinski definition) is 0. The molecule has 9 aromatic carbocycles. The molecule has 0 bridgehead atoms. The summed E-state index contributed by atoms with van der Waals surface area (Å²) in [5, 5.41) is 2.07. The van der Waals surface area contributed by atoms with Crippen molar-refractivity contribution in [2.75, 3.05) is 0 Å². The van der Waals surface area contributed by atoms with Crippen molar-refractivity contribution < 1.29 is 13.2 Å². The molecule has 0 amide bonds. The van der Waals surface area contributed by atoms with Gasteiger partial charge < -0.3 is 4.57 Å². The van der Waals surface area contributed by atoms with Gasteiger partial charge in [-0.25, -0.2) is 9.97 Å². The zero-order valence-electron chi connectivity index (χ0n) is 41.4. The van der Waals surface area contributed by atoms with E-state index in [9.17, 15) is 13.2 Å². The molecule has 0 fully saturated rings. The van der Waals surface area contributed by atoms with Gasteiger partial charge in [-0.2, -0.15) is 13.2 Å². The highest BCUT2D eigenvalue weighted by Gasteiger charge is 2.31. The number of nitrogens with zero attached hydrogens (tertiary/aromatic N) is 3. The van der Waals surface area contributed by atoms with Gasteiger partial charge in [-0.1, -0.05) is 150 Å². The van der Waals surface area contributed by atoms with Crippen molar-refractivity contribution in [2.24, 2.45) is 0 Å². The smallest absolute Gasteiger partial charge is 0.308 e. The Kier molecular flexibility index (Phi) is 11.6. The number of fused-ring (bicyclic) bond motifs is 3. The molecule has 2 heterocycles. The third-order valence-electron chi connectivity index (χ3n) is 14.0. The summed E-state index contributed by atoms with van der Waals surface area (Å²) in [5.41, 5.74) is 21.4. The minimum absolute atomic E-state index is 0.415. The van der Waals surface area contributed by atoms with E-state index >= 15 is 0 Å². The van der Waals surface area contributed by atoms with Crippen molar-refractivity contribution in [3.05, 3.63) is 233 Å². The molecular formula is C66H52F3N3. The molecule has 72 heavy (non-hydrogen) atoms. The van der Waals surface area contributed by atoms with Crippen LogP contribution in [0.4, 0.5) is 13.2 Å². The van der Waals surface area contributed by atoms with Crippen molar-refractivity contribution in [2.45, 2.75) is 54.6 Å². The van der Waals surface area contributed by atoms with Gasteiger partial charge >= 0.3 is 6.18 Å². The van der Waals surface area contributed by atoms with Crippen LogP contribution in [0, 0.1) is 48.5 Å². The Labute approximate surface area is 419 Å². The Balaban J connectivity index is 1.28. The lowest BCUT2D eigenvalue weighted by molar-refractivity contribution is -0.137. The molecule has 0 aliphatic heterocycles. The van der Waals surface area contributed by atoms with E-state index in [-0.39, 0.29) is 0 Å². The summed E-state index contributed by atoms with van der Waals surface area (Å²) in [6.07, 6.45) is -4.58. The Morgan fingerprint density at radius 1 is 0.361 bits per heavy atom. The quantitative estimate of drug-likeness (QED) is 0.152. The molecule has 0 saturated heterocycles. The number of aryl methyl sites for hydroxylation is 7. The van der Waals surface area contributed by atoms with Crippen LogP contribution in [0.15, 0.2) is 188 Å². The molecule has 0 unspecified atom stereocenters. The molecule has 0 saturated carbocycles. The summed E-state index contributed by atoms with van der Waals surface area (Å²) < 4.78 is 47.0. The monoisotopic (exact) mass is 943 g/mol.